The maximum Gasteiger partial charge on any atom is 0.161 e. The molecule has 1 aliphatic heterocycles. The standard InChI is InChI=1S/C20H25NO2.ClH/c1-4-22-18-12-15-10-11-21-20(16-9-7-6-8-14(16)3)17(15)13-19(18)23-5-2;/h6-9,12-13,20-21H,4-5,10-11H2,1-3H3;1H. The lowest BCUT2D eigenvalue weighted by atomic mass is 9.87. The minimum absolute atomic E-state index is 0. The van der Waals surface area contributed by atoms with Gasteiger partial charge in [-0.2, -0.15) is 0 Å². The van der Waals surface area contributed by atoms with Crippen LogP contribution in [0.3, 0.4) is 0 Å². The number of hydrogen-bond acceptors (Lipinski definition) is 3. The Morgan fingerprint density at radius 2 is 1.67 bits per heavy atom. The van der Waals surface area contributed by atoms with Crippen LogP contribution < -0.4 is 14.8 Å². The summed E-state index contributed by atoms with van der Waals surface area (Å²) in [5, 5.41) is 3.66. The predicted octanol–water partition coefficient (Wildman–Crippen LogP) is 4.45. The van der Waals surface area contributed by atoms with Gasteiger partial charge in [0.15, 0.2) is 11.5 Å². The molecule has 1 N–H and O–H groups in total. The zero-order chi connectivity index (χ0) is 16.2. The van der Waals surface area contributed by atoms with Crippen LogP contribution in [0.4, 0.5) is 0 Å². The number of ether oxygens (including phenoxy) is 2. The van der Waals surface area contributed by atoms with Crippen molar-refractivity contribution in [1.29, 1.82) is 0 Å². The molecule has 1 heterocycles. The SMILES string of the molecule is CCOc1cc2c(cc1OCC)C(c1ccccc1C)NCC2.Cl. The van der Waals surface area contributed by atoms with Crippen LogP contribution in [0, 0.1) is 6.92 Å². The number of rotatable bonds is 5. The molecular formula is C20H26ClNO2. The van der Waals surface area contributed by atoms with Gasteiger partial charge in [-0.25, -0.2) is 0 Å². The van der Waals surface area contributed by atoms with Crippen molar-refractivity contribution in [2.45, 2.75) is 33.2 Å². The van der Waals surface area contributed by atoms with E-state index in [0.717, 1.165) is 24.5 Å². The number of hydrogen-bond donors (Lipinski definition) is 1. The molecule has 0 saturated heterocycles. The number of benzene rings is 2. The molecule has 2 aromatic rings. The summed E-state index contributed by atoms with van der Waals surface area (Å²) in [6.45, 7) is 8.45. The number of nitrogens with one attached hydrogen (secondary N) is 1. The van der Waals surface area contributed by atoms with Gasteiger partial charge in [0.2, 0.25) is 0 Å². The van der Waals surface area contributed by atoms with E-state index in [1.807, 2.05) is 13.8 Å². The van der Waals surface area contributed by atoms with E-state index in [1.54, 1.807) is 0 Å². The van der Waals surface area contributed by atoms with Crippen molar-refractivity contribution < 1.29 is 9.47 Å². The average Bonchev–Trinajstić information content (AvgIpc) is 2.56. The molecule has 1 aliphatic rings. The number of fused-ring (bicyclic) bond motifs is 1. The topological polar surface area (TPSA) is 30.5 Å². The predicted molar refractivity (Wildman–Crippen MR) is 101 cm³/mol. The van der Waals surface area contributed by atoms with E-state index >= 15 is 0 Å². The molecule has 0 aromatic heterocycles. The lowest BCUT2D eigenvalue weighted by Crippen LogP contribution is -2.31. The molecule has 3 rings (SSSR count). The van der Waals surface area contributed by atoms with Gasteiger partial charge in [-0.3, -0.25) is 0 Å². The zero-order valence-corrected chi connectivity index (χ0v) is 15.4. The summed E-state index contributed by atoms with van der Waals surface area (Å²) in [5.74, 6) is 1.70. The Hall–Kier alpha value is -1.71. The largest absolute Gasteiger partial charge is 0.490 e. The monoisotopic (exact) mass is 347 g/mol. The van der Waals surface area contributed by atoms with E-state index in [0.29, 0.717) is 13.2 Å². The summed E-state index contributed by atoms with van der Waals surface area (Å²) in [4.78, 5) is 0. The molecular weight excluding hydrogens is 322 g/mol. The van der Waals surface area contributed by atoms with Crippen molar-refractivity contribution in [2.24, 2.45) is 0 Å². The molecule has 24 heavy (non-hydrogen) atoms. The van der Waals surface area contributed by atoms with Gasteiger partial charge in [0, 0.05) is 6.54 Å². The second-order valence-corrected chi connectivity index (χ2v) is 5.86. The van der Waals surface area contributed by atoms with Crippen molar-refractivity contribution in [3.05, 3.63) is 58.7 Å². The molecule has 0 saturated carbocycles. The van der Waals surface area contributed by atoms with E-state index in [4.69, 9.17) is 9.47 Å². The van der Waals surface area contributed by atoms with Crippen LogP contribution in [-0.4, -0.2) is 19.8 Å². The first-order valence-electron chi connectivity index (χ1n) is 8.45. The number of halogens is 1. The summed E-state index contributed by atoms with van der Waals surface area (Å²) in [7, 11) is 0. The summed E-state index contributed by atoms with van der Waals surface area (Å²) in [6.07, 6.45) is 1.02. The molecule has 1 atom stereocenters. The van der Waals surface area contributed by atoms with Gasteiger partial charge in [0.05, 0.1) is 19.3 Å². The second-order valence-electron chi connectivity index (χ2n) is 5.86. The van der Waals surface area contributed by atoms with E-state index in [9.17, 15) is 0 Å². The Kier molecular flexibility index (Phi) is 6.52. The quantitative estimate of drug-likeness (QED) is 0.866. The Morgan fingerprint density at radius 3 is 2.33 bits per heavy atom. The molecule has 0 amide bonds. The first-order valence-corrected chi connectivity index (χ1v) is 8.45. The first kappa shape index (κ1) is 18.6. The molecule has 0 bridgehead atoms. The fourth-order valence-corrected chi connectivity index (χ4v) is 3.29. The highest BCUT2D eigenvalue weighted by Crippen LogP contribution is 2.38. The van der Waals surface area contributed by atoms with Gasteiger partial charge in [0.25, 0.3) is 0 Å². The Morgan fingerprint density at radius 1 is 1.00 bits per heavy atom. The Balaban J connectivity index is 0.00000208. The molecule has 130 valence electrons. The van der Waals surface area contributed by atoms with E-state index < -0.39 is 0 Å². The summed E-state index contributed by atoms with van der Waals surface area (Å²) >= 11 is 0. The molecule has 0 fully saturated rings. The number of aryl methyl sites for hydroxylation is 1. The third-order valence-corrected chi connectivity index (χ3v) is 4.36. The smallest absolute Gasteiger partial charge is 0.161 e. The molecule has 0 radical (unpaired) electrons. The van der Waals surface area contributed by atoms with Crippen LogP contribution in [0.2, 0.25) is 0 Å². The van der Waals surface area contributed by atoms with E-state index in [2.05, 4.69) is 48.6 Å². The van der Waals surface area contributed by atoms with Crippen LogP contribution in [0.5, 0.6) is 11.5 Å². The highest BCUT2D eigenvalue weighted by Gasteiger charge is 2.24. The fourth-order valence-electron chi connectivity index (χ4n) is 3.29. The molecule has 2 aromatic carbocycles. The molecule has 1 unspecified atom stereocenters. The van der Waals surface area contributed by atoms with Gasteiger partial charge in [-0.1, -0.05) is 24.3 Å². The first-order chi connectivity index (χ1) is 11.2. The normalized spacial score (nSPS) is 16.0. The lowest BCUT2D eigenvalue weighted by Gasteiger charge is -2.29. The van der Waals surface area contributed by atoms with Crippen LogP contribution in [0.1, 0.15) is 42.1 Å². The van der Waals surface area contributed by atoms with Gasteiger partial charge < -0.3 is 14.8 Å². The van der Waals surface area contributed by atoms with Crippen molar-refractivity contribution in [2.75, 3.05) is 19.8 Å². The van der Waals surface area contributed by atoms with Gasteiger partial charge in [-0.05, 0) is 61.6 Å². The summed E-state index contributed by atoms with van der Waals surface area (Å²) in [6, 6.07) is 13.1. The highest BCUT2D eigenvalue weighted by atomic mass is 35.5. The summed E-state index contributed by atoms with van der Waals surface area (Å²) in [5.41, 5.74) is 5.30. The second kappa shape index (κ2) is 8.41. The highest BCUT2D eigenvalue weighted by molar-refractivity contribution is 5.85. The van der Waals surface area contributed by atoms with Crippen LogP contribution >= 0.6 is 12.4 Å². The van der Waals surface area contributed by atoms with Crippen LogP contribution in [0.15, 0.2) is 36.4 Å². The van der Waals surface area contributed by atoms with Crippen molar-refractivity contribution >= 4 is 12.4 Å². The summed E-state index contributed by atoms with van der Waals surface area (Å²) < 4.78 is 11.6. The minimum atomic E-state index is 0. The molecule has 4 heteroatoms. The Labute approximate surface area is 150 Å². The third kappa shape index (κ3) is 3.68. The van der Waals surface area contributed by atoms with Crippen molar-refractivity contribution in [1.82, 2.24) is 5.32 Å². The molecule has 3 nitrogen and oxygen atoms in total. The fraction of sp³-hybridized carbons (Fsp3) is 0.400. The zero-order valence-electron chi connectivity index (χ0n) is 14.6. The van der Waals surface area contributed by atoms with Crippen LogP contribution in [-0.2, 0) is 6.42 Å². The van der Waals surface area contributed by atoms with Crippen molar-refractivity contribution in [3.63, 3.8) is 0 Å². The van der Waals surface area contributed by atoms with Gasteiger partial charge in [0.1, 0.15) is 0 Å². The van der Waals surface area contributed by atoms with Gasteiger partial charge >= 0.3 is 0 Å². The molecule has 0 spiro atoms. The van der Waals surface area contributed by atoms with Gasteiger partial charge in [-0.15, -0.1) is 12.4 Å². The van der Waals surface area contributed by atoms with E-state index in [1.165, 1.54) is 22.3 Å². The maximum absolute atomic E-state index is 5.82. The molecule has 0 aliphatic carbocycles. The van der Waals surface area contributed by atoms with E-state index in [-0.39, 0.29) is 18.4 Å². The Bertz CT molecular complexity index is 687. The minimum Gasteiger partial charge on any atom is -0.490 e. The third-order valence-electron chi connectivity index (χ3n) is 4.36. The maximum atomic E-state index is 5.82. The van der Waals surface area contributed by atoms with Crippen LogP contribution in [0.25, 0.3) is 0 Å². The average molecular weight is 348 g/mol. The lowest BCUT2D eigenvalue weighted by molar-refractivity contribution is 0.286. The van der Waals surface area contributed by atoms with Crippen molar-refractivity contribution in [3.8, 4) is 11.5 Å².